The second-order valence-corrected chi connectivity index (χ2v) is 20.4. The number of methoxy groups -OCH3 is 2. The monoisotopic (exact) mass is 974 g/mol. The Morgan fingerprint density at radius 1 is 1.07 bits per heavy atom. The van der Waals surface area contributed by atoms with E-state index < -0.39 is 77.3 Å². The van der Waals surface area contributed by atoms with Crippen LogP contribution in [0.1, 0.15) is 98.5 Å². The molecule has 1 saturated carbocycles. The van der Waals surface area contributed by atoms with Crippen molar-refractivity contribution in [1.82, 2.24) is 15.1 Å². The van der Waals surface area contributed by atoms with Crippen LogP contribution in [0.25, 0.3) is 0 Å². The van der Waals surface area contributed by atoms with Crippen LogP contribution in [0.15, 0.2) is 35.9 Å². The van der Waals surface area contributed by atoms with Gasteiger partial charge in [0.2, 0.25) is 23.6 Å². The topological polar surface area (TPSA) is 208 Å². The van der Waals surface area contributed by atoms with E-state index in [9.17, 15) is 38.7 Å². The molecule has 4 unspecified atom stereocenters. The number of nitrogens with one attached hydrogen (secondary N) is 1. The molecule has 1 aliphatic carbocycles. The number of thioether (sulfide) groups is 1. The first-order valence-electron chi connectivity index (χ1n) is 22.8. The number of carbonyl (C=O) groups excluding carboxylic acids is 7. The van der Waals surface area contributed by atoms with Gasteiger partial charge in [-0.05, 0) is 97.3 Å². The first-order chi connectivity index (χ1) is 31.5. The number of esters is 1. The molecule has 3 heterocycles. The molecule has 19 heteroatoms. The molecular formula is C48H67ClN4O13S. The maximum absolute atomic E-state index is 14.3. The van der Waals surface area contributed by atoms with Gasteiger partial charge in [-0.15, -0.1) is 11.8 Å². The largest absolute Gasteiger partial charge is 0.495 e. The number of fused-ring (bicyclic) bond motifs is 4. The third kappa shape index (κ3) is 13.2. The number of likely N-dealkylation sites (tertiary alicyclic amines) is 1. The number of carbonyl (C=O) groups is 7. The van der Waals surface area contributed by atoms with Crippen LogP contribution in [0.5, 0.6) is 5.75 Å². The van der Waals surface area contributed by atoms with Gasteiger partial charge in [0.05, 0.1) is 30.6 Å². The summed E-state index contributed by atoms with van der Waals surface area (Å²) in [6.07, 6.45) is 2.93. The second kappa shape index (κ2) is 22.7. The molecule has 67 heavy (non-hydrogen) atoms. The minimum Gasteiger partial charge on any atom is -0.495 e. The van der Waals surface area contributed by atoms with Crippen molar-refractivity contribution in [2.45, 2.75) is 146 Å². The number of ether oxygens (including phenoxy) is 5. The summed E-state index contributed by atoms with van der Waals surface area (Å²) in [7, 11) is 5.86. The lowest BCUT2D eigenvalue weighted by atomic mass is 9.80. The van der Waals surface area contributed by atoms with E-state index in [0.29, 0.717) is 24.4 Å². The molecule has 3 aliphatic heterocycles. The third-order valence-corrected chi connectivity index (χ3v) is 15.0. The molecule has 3 fully saturated rings. The van der Waals surface area contributed by atoms with Crippen LogP contribution < -0.4 is 15.0 Å². The highest BCUT2D eigenvalue weighted by atomic mass is 35.5. The summed E-state index contributed by atoms with van der Waals surface area (Å²) in [5.41, 5.74) is -1.36. The van der Waals surface area contributed by atoms with Crippen LogP contribution in [0.3, 0.4) is 0 Å². The van der Waals surface area contributed by atoms with Crippen molar-refractivity contribution in [3.05, 3.63) is 46.5 Å². The molecule has 0 radical (unpaired) electrons. The van der Waals surface area contributed by atoms with Gasteiger partial charge < -0.3 is 38.6 Å². The Hall–Kier alpha value is -4.49. The lowest BCUT2D eigenvalue weighted by Crippen LogP contribution is -2.64. The molecule has 2 saturated heterocycles. The number of alkyl carbamates (subject to hydrolysis) is 1. The van der Waals surface area contributed by atoms with E-state index in [1.165, 1.54) is 61.7 Å². The van der Waals surface area contributed by atoms with Crippen molar-refractivity contribution in [1.29, 1.82) is 0 Å². The maximum Gasteiger partial charge on any atom is 0.409 e. The summed E-state index contributed by atoms with van der Waals surface area (Å²) in [4.78, 5) is 96.7. The van der Waals surface area contributed by atoms with Gasteiger partial charge in [-0.3, -0.25) is 34.2 Å². The molecule has 4 aliphatic rings. The van der Waals surface area contributed by atoms with Gasteiger partial charge in [-0.2, -0.15) is 0 Å². The van der Waals surface area contributed by atoms with E-state index in [-0.39, 0.29) is 59.5 Å². The summed E-state index contributed by atoms with van der Waals surface area (Å²) in [5.74, 6) is -1.35. The number of imide groups is 1. The summed E-state index contributed by atoms with van der Waals surface area (Å²) in [6, 6.07) is 2.40. The SMILES string of the molecule is COc1cc2cc(c1Cl)N(C)C(=O)C[C@H](OC(=O)[C@H](C)N(C)C(=O)CCSC1CC(=O)N(CC3CCC(C(C)=O)CC3)C1=O)C(C)(C)O[C@H](C)C1CC(O)(NC(=O)O1)C(OC)/C=C/C=C(\C)C2. The fraction of sp³-hybridized carbons (Fsp3) is 0.646. The van der Waals surface area contributed by atoms with E-state index in [1.54, 1.807) is 52.0 Å². The Labute approximate surface area is 402 Å². The highest BCUT2D eigenvalue weighted by Gasteiger charge is 2.49. The highest BCUT2D eigenvalue weighted by Crippen LogP contribution is 2.38. The smallest absolute Gasteiger partial charge is 0.409 e. The van der Waals surface area contributed by atoms with Crippen LogP contribution in [0, 0.1) is 11.8 Å². The van der Waals surface area contributed by atoms with Crippen molar-refractivity contribution in [2.75, 3.05) is 45.5 Å². The molecule has 1 aromatic rings. The Morgan fingerprint density at radius 2 is 1.76 bits per heavy atom. The second-order valence-electron chi connectivity index (χ2n) is 18.7. The maximum atomic E-state index is 14.3. The van der Waals surface area contributed by atoms with Crippen LogP contribution in [-0.2, 0) is 54.1 Å². The molecule has 7 atom stereocenters. The number of amides is 5. The zero-order valence-electron chi connectivity index (χ0n) is 40.3. The van der Waals surface area contributed by atoms with Gasteiger partial charge in [-0.25, -0.2) is 9.59 Å². The van der Waals surface area contributed by atoms with Crippen molar-refractivity contribution in [3.8, 4) is 5.75 Å². The normalized spacial score (nSPS) is 30.1. The number of benzene rings is 1. The zero-order valence-corrected chi connectivity index (χ0v) is 41.8. The van der Waals surface area contributed by atoms with Gasteiger partial charge >= 0.3 is 12.1 Å². The number of hydrogen-bond acceptors (Lipinski definition) is 14. The number of anilines is 1. The first kappa shape index (κ1) is 53.5. The highest BCUT2D eigenvalue weighted by molar-refractivity contribution is 8.00. The van der Waals surface area contributed by atoms with Crippen molar-refractivity contribution < 1.29 is 62.4 Å². The average Bonchev–Trinajstić information content (AvgIpc) is 3.53. The van der Waals surface area contributed by atoms with Crippen LogP contribution in [0.4, 0.5) is 10.5 Å². The van der Waals surface area contributed by atoms with E-state index >= 15 is 0 Å². The van der Waals surface area contributed by atoms with Crippen LogP contribution >= 0.6 is 23.4 Å². The number of allylic oxidation sites excluding steroid dienone is 3. The predicted octanol–water partition coefficient (Wildman–Crippen LogP) is 5.55. The average molecular weight is 976 g/mol. The molecule has 370 valence electrons. The van der Waals surface area contributed by atoms with Crippen LogP contribution in [-0.4, -0.2) is 144 Å². The summed E-state index contributed by atoms with van der Waals surface area (Å²) >= 11 is 8.02. The first-order valence-corrected chi connectivity index (χ1v) is 24.2. The van der Waals surface area contributed by atoms with Gasteiger partial charge in [0.25, 0.3) is 0 Å². The molecule has 5 amide bonds. The fourth-order valence-electron chi connectivity index (χ4n) is 9.01. The van der Waals surface area contributed by atoms with Crippen molar-refractivity contribution >= 4 is 70.5 Å². The number of nitrogens with zero attached hydrogens (tertiary/aromatic N) is 3. The number of hydrogen-bond donors (Lipinski definition) is 2. The van der Waals surface area contributed by atoms with Crippen LogP contribution in [0.2, 0.25) is 5.02 Å². The quantitative estimate of drug-likeness (QED) is 0.195. The Kier molecular flexibility index (Phi) is 18.1. The lowest BCUT2D eigenvalue weighted by Gasteiger charge is -2.44. The molecule has 0 spiro atoms. The molecule has 4 bridgehead atoms. The molecule has 2 N–H and O–H groups in total. The summed E-state index contributed by atoms with van der Waals surface area (Å²) in [5, 5.41) is 13.8. The molecule has 1 aromatic carbocycles. The Balaban J connectivity index is 1.31. The summed E-state index contributed by atoms with van der Waals surface area (Å²) in [6.45, 7) is 10.2. The van der Waals surface area contributed by atoms with Crippen molar-refractivity contribution in [2.24, 2.45) is 11.8 Å². The summed E-state index contributed by atoms with van der Waals surface area (Å²) < 4.78 is 29.4. The van der Waals surface area contributed by atoms with Gasteiger partial charge in [0, 0.05) is 58.7 Å². The number of ketones is 1. The zero-order chi connectivity index (χ0) is 49.5. The number of likely N-dealkylation sites (N-methyl/N-ethyl adjacent to an activating group) is 1. The van der Waals surface area contributed by atoms with Gasteiger partial charge in [0.15, 0.2) is 5.72 Å². The Morgan fingerprint density at radius 3 is 2.40 bits per heavy atom. The number of aliphatic hydroxyl groups is 1. The number of halogens is 1. The van der Waals surface area contributed by atoms with Gasteiger partial charge in [-0.1, -0.05) is 35.4 Å². The standard InChI is InChI=1S/C48H67ClN4O13S/c1-27-12-11-13-38(63-10)48(61)25-36(64-46(60)50-48)30(4)66-47(5,6)39(24-41(56)52(8)34-21-32(20-27)22-35(62-9)43(34)49)65-45(59)28(2)51(7)40(55)18-19-67-37-23-42(57)53(44(37)58)26-31-14-16-33(17-15-31)29(3)54/h11-13,21-22,28,30-31,33,36-39,61H,14-20,23-26H2,1-10H3,(H,50,60)/b13-11+,27-12+/t28-,30+,31?,33?,36?,37?,38?,39-,48?/m0/s1. The minimum atomic E-state index is -1.91. The number of Topliss-reactive ketones (excluding diaryl/α,β-unsaturated/α-hetero) is 1. The van der Waals surface area contributed by atoms with Gasteiger partial charge in [0.1, 0.15) is 46.5 Å². The molecule has 5 rings (SSSR count). The lowest BCUT2D eigenvalue weighted by molar-refractivity contribution is -0.203. The van der Waals surface area contributed by atoms with E-state index in [4.69, 9.17) is 35.3 Å². The fourth-order valence-corrected chi connectivity index (χ4v) is 10.4. The van der Waals surface area contributed by atoms with E-state index in [1.807, 2.05) is 13.0 Å². The molecule has 17 nitrogen and oxygen atoms in total. The number of rotatable bonds is 12. The Bertz CT molecular complexity index is 2110. The molecule has 0 aromatic heterocycles. The van der Waals surface area contributed by atoms with E-state index in [2.05, 4.69) is 5.32 Å². The predicted molar refractivity (Wildman–Crippen MR) is 251 cm³/mol. The minimum absolute atomic E-state index is 0.0374. The third-order valence-electron chi connectivity index (χ3n) is 13.4. The van der Waals surface area contributed by atoms with E-state index in [0.717, 1.165) is 36.8 Å². The van der Waals surface area contributed by atoms with Crippen molar-refractivity contribution in [3.63, 3.8) is 0 Å². The molecular weight excluding hydrogens is 908 g/mol.